The van der Waals surface area contributed by atoms with Gasteiger partial charge in [0.25, 0.3) is 0 Å². The van der Waals surface area contributed by atoms with Crippen LogP contribution in [0.1, 0.15) is 31.2 Å². The zero-order valence-electron chi connectivity index (χ0n) is 16.1. The third-order valence-electron chi connectivity index (χ3n) is 5.29. The molecule has 1 saturated heterocycles. The van der Waals surface area contributed by atoms with Gasteiger partial charge in [-0.3, -0.25) is 4.79 Å². The first-order valence-corrected chi connectivity index (χ1v) is 11.0. The van der Waals surface area contributed by atoms with Crippen LogP contribution in [0.25, 0.3) is 0 Å². The lowest BCUT2D eigenvalue weighted by Gasteiger charge is -2.30. The summed E-state index contributed by atoms with van der Waals surface area (Å²) in [7, 11) is -4.14. The number of rotatable bonds is 6. The van der Waals surface area contributed by atoms with Crippen molar-refractivity contribution in [1.82, 2.24) is 9.62 Å². The molecule has 0 aromatic heterocycles. The fourth-order valence-electron chi connectivity index (χ4n) is 3.47. The first-order chi connectivity index (χ1) is 13.8. The Balaban J connectivity index is 1.56. The van der Waals surface area contributed by atoms with Crippen molar-refractivity contribution in [3.05, 3.63) is 65.7 Å². The Labute approximate surface area is 169 Å². The number of amides is 1. The Bertz CT molecular complexity index is 959. The zero-order chi connectivity index (χ0) is 21.0. The summed E-state index contributed by atoms with van der Waals surface area (Å²) in [4.78, 5) is 11.8. The number of hydrogen-bond donors (Lipinski definition) is 1. The molecule has 1 atom stereocenters. The maximum atomic E-state index is 13.9. The van der Waals surface area contributed by atoms with Gasteiger partial charge in [0, 0.05) is 25.6 Å². The van der Waals surface area contributed by atoms with Crippen LogP contribution in [0.2, 0.25) is 0 Å². The molecule has 156 valence electrons. The molecule has 0 saturated carbocycles. The molecule has 2 aromatic carbocycles. The summed E-state index contributed by atoms with van der Waals surface area (Å²) in [6, 6.07) is 12.2. The van der Waals surface area contributed by atoms with Gasteiger partial charge < -0.3 is 5.32 Å². The van der Waals surface area contributed by atoms with Gasteiger partial charge in [0.15, 0.2) is 0 Å². The first-order valence-electron chi connectivity index (χ1n) is 9.57. The van der Waals surface area contributed by atoms with Crippen molar-refractivity contribution in [2.45, 2.75) is 30.6 Å². The van der Waals surface area contributed by atoms with E-state index in [0.717, 1.165) is 22.0 Å². The monoisotopic (exact) mass is 422 g/mol. The van der Waals surface area contributed by atoms with Crippen LogP contribution < -0.4 is 5.32 Å². The molecule has 0 bridgehead atoms. The summed E-state index contributed by atoms with van der Waals surface area (Å²) in [5.41, 5.74) is 1.13. The van der Waals surface area contributed by atoms with E-state index in [4.69, 9.17) is 0 Å². The van der Waals surface area contributed by atoms with Crippen molar-refractivity contribution in [1.29, 1.82) is 0 Å². The molecule has 1 unspecified atom stereocenters. The van der Waals surface area contributed by atoms with Crippen LogP contribution in [0.15, 0.2) is 53.4 Å². The summed E-state index contributed by atoms with van der Waals surface area (Å²) in [5, 5.41) is 2.94. The molecule has 0 spiro atoms. The molecule has 2 aromatic rings. The highest BCUT2D eigenvalue weighted by atomic mass is 32.2. The Hall–Kier alpha value is -2.32. The fourth-order valence-corrected chi connectivity index (χ4v) is 5.02. The number of piperidine rings is 1. The topological polar surface area (TPSA) is 66.5 Å². The van der Waals surface area contributed by atoms with Gasteiger partial charge in [0.2, 0.25) is 15.9 Å². The predicted molar refractivity (Wildman–Crippen MR) is 106 cm³/mol. The second-order valence-corrected chi connectivity index (χ2v) is 9.22. The number of halogens is 2. The van der Waals surface area contributed by atoms with Gasteiger partial charge >= 0.3 is 0 Å². The SMILES string of the molecule is CC(CNC(=O)C1CCN(S(=O)(=O)c2cc(F)ccc2F)CC1)c1ccccc1. The van der Waals surface area contributed by atoms with Crippen LogP contribution in [0, 0.1) is 17.6 Å². The van der Waals surface area contributed by atoms with Crippen molar-refractivity contribution >= 4 is 15.9 Å². The van der Waals surface area contributed by atoms with Gasteiger partial charge in [0.05, 0.1) is 0 Å². The molecule has 5 nitrogen and oxygen atoms in total. The molecule has 3 rings (SSSR count). The lowest BCUT2D eigenvalue weighted by atomic mass is 9.96. The van der Waals surface area contributed by atoms with Crippen LogP contribution in [0.5, 0.6) is 0 Å². The van der Waals surface area contributed by atoms with E-state index < -0.39 is 26.6 Å². The molecule has 1 fully saturated rings. The summed E-state index contributed by atoms with van der Waals surface area (Å²) in [6.45, 7) is 2.70. The largest absolute Gasteiger partial charge is 0.355 e. The van der Waals surface area contributed by atoms with E-state index in [9.17, 15) is 22.0 Å². The minimum absolute atomic E-state index is 0.0879. The molecule has 29 heavy (non-hydrogen) atoms. The average molecular weight is 422 g/mol. The van der Waals surface area contributed by atoms with Gasteiger partial charge in [-0.25, -0.2) is 17.2 Å². The van der Waals surface area contributed by atoms with E-state index in [-0.39, 0.29) is 30.8 Å². The quantitative estimate of drug-likeness (QED) is 0.777. The lowest BCUT2D eigenvalue weighted by Crippen LogP contribution is -2.43. The second-order valence-electron chi connectivity index (χ2n) is 7.31. The van der Waals surface area contributed by atoms with Crippen LogP contribution in [-0.4, -0.2) is 38.3 Å². The van der Waals surface area contributed by atoms with E-state index in [0.29, 0.717) is 25.5 Å². The highest BCUT2D eigenvalue weighted by molar-refractivity contribution is 7.89. The summed E-state index contributed by atoms with van der Waals surface area (Å²) >= 11 is 0. The van der Waals surface area contributed by atoms with Gasteiger partial charge in [-0.15, -0.1) is 0 Å². The van der Waals surface area contributed by atoms with E-state index in [1.165, 1.54) is 0 Å². The van der Waals surface area contributed by atoms with E-state index in [2.05, 4.69) is 5.32 Å². The molecule has 1 aliphatic heterocycles. The van der Waals surface area contributed by atoms with Crippen LogP contribution in [0.4, 0.5) is 8.78 Å². The molecule has 8 heteroatoms. The van der Waals surface area contributed by atoms with Crippen molar-refractivity contribution in [3.8, 4) is 0 Å². The molecular formula is C21H24F2N2O3S. The van der Waals surface area contributed by atoms with E-state index in [1.807, 2.05) is 37.3 Å². The van der Waals surface area contributed by atoms with E-state index >= 15 is 0 Å². The molecule has 0 aliphatic carbocycles. The standard InChI is InChI=1S/C21H24F2N2O3S/c1-15(16-5-3-2-4-6-16)14-24-21(26)17-9-11-25(12-10-17)29(27,28)20-13-18(22)7-8-19(20)23/h2-8,13,15,17H,9-12,14H2,1H3,(H,24,26). The molecule has 1 N–H and O–H groups in total. The number of carbonyl (C=O) groups excluding carboxylic acids is 1. The highest BCUT2D eigenvalue weighted by Gasteiger charge is 2.33. The number of nitrogens with one attached hydrogen (secondary N) is 1. The van der Waals surface area contributed by atoms with Crippen molar-refractivity contribution in [2.75, 3.05) is 19.6 Å². The van der Waals surface area contributed by atoms with Crippen LogP contribution in [-0.2, 0) is 14.8 Å². The Kier molecular flexibility index (Phi) is 6.64. The number of hydrogen-bond acceptors (Lipinski definition) is 3. The molecule has 1 aliphatic rings. The third-order valence-corrected chi connectivity index (χ3v) is 7.20. The van der Waals surface area contributed by atoms with Gasteiger partial charge in [-0.05, 0) is 42.5 Å². The van der Waals surface area contributed by atoms with Crippen LogP contribution in [0.3, 0.4) is 0 Å². The summed E-state index contributed by atoms with van der Waals surface area (Å²) in [5.74, 6) is -2.05. The zero-order valence-corrected chi connectivity index (χ0v) is 17.0. The maximum Gasteiger partial charge on any atom is 0.246 e. The third kappa shape index (κ3) is 5.00. The molecule has 0 radical (unpaired) electrons. The Morgan fingerprint density at radius 3 is 2.45 bits per heavy atom. The normalized spacial score (nSPS) is 17.1. The number of carbonyl (C=O) groups is 1. The first kappa shape index (κ1) is 21.4. The van der Waals surface area contributed by atoms with Crippen LogP contribution >= 0.6 is 0 Å². The number of sulfonamides is 1. The Morgan fingerprint density at radius 2 is 1.79 bits per heavy atom. The van der Waals surface area contributed by atoms with Gasteiger partial charge in [0.1, 0.15) is 16.5 Å². The van der Waals surface area contributed by atoms with Crippen molar-refractivity contribution in [2.24, 2.45) is 5.92 Å². The minimum Gasteiger partial charge on any atom is -0.355 e. The molecule has 1 amide bonds. The lowest BCUT2D eigenvalue weighted by molar-refractivity contribution is -0.126. The summed E-state index contributed by atoms with van der Waals surface area (Å²) < 4.78 is 53.7. The van der Waals surface area contributed by atoms with Crippen molar-refractivity contribution < 1.29 is 22.0 Å². The van der Waals surface area contributed by atoms with Gasteiger partial charge in [-0.2, -0.15) is 4.31 Å². The van der Waals surface area contributed by atoms with E-state index in [1.54, 1.807) is 0 Å². The maximum absolute atomic E-state index is 13.9. The van der Waals surface area contributed by atoms with Gasteiger partial charge in [-0.1, -0.05) is 37.3 Å². The van der Waals surface area contributed by atoms with Crippen molar-refractivity contribution in [3.63, 3.8) is 0 Å². The molecule has 1 heterocycles. The predicted octanol–water partition coefficient (Wildman–Crippen LogP) is 3.29. The highest BCUT2D eigenvalue weighted by Crippen LogP contribution is 2.26. The fraction of sp³-hybridized carbons (Fsp3) is 0.381. The smallest absolute Gasteiger partial charge is 0.246 e. The molecular weight excluding hydrogens is 398 g/mol. The summed E-state index contributed by atoms with van der Waals surface area (Å²) in [6.07, 6.45) is 0.670. The second kappa shape index (κ2) is 9.00. The minimum atomic E-state index is -4.14. The number of nitrogens with zero attached hydrogens (tertiary/aromatic N) is 1. The Morgan fingerprint density at radius 1 is 1.14 bits per heavy atom. The average Bonchev–Trinajstić information content (AvgIpc) is 2.74. The number of benzene rings is 2.